The molecule has 0 amide bonds. The van der Waals surface area contributed by atoms with Crippen molar-refractivity contribution in [2.24, 2.45) is 52.3 Å². The van der Waals surface area contributed by atoms with Crippen molar-refractivity contribution >= 4 is 18.9 Å². The van der Waals surface area contributed by atoms with Crippen molar-refractivity contribution in [2.45, 2.75) is 104 Å². The molecule has 41 heavy (non-hydrogen) atoms. The van der Waals surface area contributed by atoms with Crippen molar-refractivity contribution in [3.63, 3.8) is 0 Å². The lowest BCUT2D eigenvalue weighted by atomic mass is 9.41. The van der Waals surface area contributed by atoms with Gasteiger partial charge in [-0.2, -0.15) is 0 Å². The number of benzene rings is 1. The molecule has 0 radical (unpaired) electrons. The molecule has 11 atom stereocenters. The first-order valence-corrected chi connectivity index (χ1v) is 16.1. The second kappa shape index (κ2) is 12.1. The zero-order chi connectivity index (χ0) is 29.4. The predicted octanol–water partition coefficient (Wildman–Crippen LogP) is 7.03. The maximum Gasteiger partial charge on any atom is 0.337 e. The zero-order valence-corrected chi connectivity index (χ0v) is 25.7. The Kier molecular flexibility index (Phi) is 8.87. The minimum absolute atomic E-state index is 0.0214. The summed E-state index contributed by atoms with van der Waals surface area (Å²) in [5, 5.41) is 0. The third kappa shape index (κ3) is 5.22. The van der Waals surface area contributed by atoms with Crippen molar-refractivity contribution in [3.05, 3.63) is 35.4 Å². The average Bonchev–Trinajstić information content (AvgIpc) is 3.33. The highest BCUT2D eigenvalue weighted by atomic mass is 16.5. The predicted molar refractivity (Wildman–Crippen MR) is 157 cm³/mol. The molecular formula is C35H50O6. The normalized spacial score (nSPS) is 40.3. The Morgan fingerprint density at radius 1 is 1.00 bits per heavy atom. The number of hydrogen-bond acceptors (Lipinski definition) is 6. The summed E-state index contributed by atoms with van der Waals surface area (Å²) in [7, 11) is 1.43. The second-order valence-corrected chi connectivity index (χ2v) is 14.2. The first-order valence-electron chi connectivity index (χ1n) is 16.1. The van der Waals surface area contributed by atoms with E-state index in [0.717, 1.165) is 38.5 Å². The number of ether oxygens (including phenoxy) is 3. The molecule has 0 heterocycles. The minimum atomic E-state index is -0.284. The highest BCUT2D eigenvalue weighted by molar-refractivity contribution is 5.89. The van der Waals surface area contributed by atoms with Crippen LogP contribution in [0.15, 0.2) is 24.3 Å². The summed E-state index contributed by atoms with van der Waals surface area (Å²) in [6.07, 6.45) is 10.7. The highest BCUT2D eigenvalue weighted by Crippen LogP contribution is 2.70. The van der Waals surface area contributed by atoms with E-state index < -0.39 is 0 Å². The number of aryl methyl sites for hydroxylation is 1. The van der Waals surface area contributed by atoms with Gasteiger partial charge in [-0.1, -0.05) is 39.8 Å². The van der Waals surface area contributed by atoms with Crippen LogP contribution < -0.4 is 0 Å². The molecule has 4 saturated carbocycles. The number of hydrogen-bond donors (Lipinski definition) is 0. The Hall–Kier alpha value is -2.37. The lowest BCUT2D eigenvalue weighted by Crippen LogP contribution is -2.62. The molecule has 0 spiro atoms. The van der Waals surface area contributed by atoms with Crippen LogP contribution in [0.1, 0.15) is 101 Å². The van der Waals surface area contributed by atoms with Crippen LogP contribution in [0.3, 0.4) is 0 Å². The van der Waals surface area contributed by atoms with Crippen LogP contribution in [0.4, 0.5) is 0 Å². The molecule has 0 bridgehead atoms. The molecule has 5 rings (SSSR count). The lowest BCUT2D eigenvalue weighted by molar-refractivity contribution is -0.213. The molecule has 1 aromatic carbocycles. The van der Waals surface area contributed by atoms with Crippen LogP contribution in [0.5, 0.6) is 0 Å². The second-order valence-electron chi connectivity index (χ2n) is 14.2. The summed E-state index contributed by atoms with van der Waals surface area (Å²) >= 11 is 0. The monoisotopic (exact) mass is 566 g/mol. The quantitative estimate of drug-likeness (QED) is 0.172. The molecule has 226 valence electrons. The molecular weight excluding hydrogens is 516 g/mol. The van der Waals surface area contributed by atoms with E-state index in [4.69, 9.17) is 14.2 Å². The standard InChI is InChI=1S/C35H50O6/c1-6-26-30-19-25(40-20-36)14-16-35(30,4)29-15-17-34(3)27(12-13-28(34)31(29)32(26)41-21-37)22(2)10-11-23-8-7-9-24(18-23)33(38)39-5/h7-9,18,20-22,25-32H,6,10-17,19H2,1-5H3/t22-,25-,26-,27-,28+,29+,30+,31+,32-,34-,35-/m1/s1. The minimum Gasteiger partial charge on any atom is -0.465 e. The Morgan fingerprint density at radius 2 is 1.73 bits per heavy atom. The third-order valence-electron chi connectivity index (χ3n) is 12.8. The summed E-state index contributed by atoms with van der Waals surface area (Å²) in [5.74, 6) is 3.10. The van der Waals surface area contributed by atoms with Crippen molar-refractivity contribution < 1.29 is 28.6 Å². The van der Waals surface area contributed by atoms with Crippen LogP contribution in [-0.4, -0.2) is 38.2 Å². The fourth-order valence-electron chi connectivity index (χ4n) is 10.9. The largest absolute Gasteiger partial charge is 0.465 e. The fourth-order valence-corrected chi connectivity index (χ4v) is 10.9. The van der Waals surface area contributed by atoms with E-state index in [9.17, 15) is 14.4 Å². The molecule has 0 aliphatic heterocycles. The fraction of sp³-hybridized carbons (Fsp3) is 0.743. The Balaban J connectivity index is 1.36. The number of methoxy groups -OCH3 is 1. The van der Waals surface area contributed by atoms with E-state index in [1.54, 1.807) is 0 Å². The van der Waals surface area contributed by atoms with Gasteiger partial charge in [-0.25, -0.2) is 4.79 Å². The first kappa shape index (κ1) is 30.1. The van der Waals surface area contributed by atoms with E-state index in [1.807, 2.05) is 18.2 Å². The SMILES string of the molecule is CC[C@H]1[C@@H](OC=O)[C@@H]2[C@H](CC[C@]3(C)[C@@H]([C@H](C)CCc4cccc(C(=O)OC)c4)CC[C@@H]23)[C@@]2(C)CC[C@@H](OC=O)C[C@@H]12. The third-order valence-corrected chi connectivity index (χ3v) is 12.8. The van der Waals surface area contributed by atoms with Crippen LogP contribution >= 0.6 is 0 Å². The van der Waals surface area contributed by atoms with Crippen molar-refractivity contribution in [3.8, 4) is 0 Å². The van der Waals surface area contributed by atoms with Gasteiger partial charge in [0.05, 0.1) is 12.7 Å². The first-order chi connectivity index (χ1) is 19.7. The maximum atomic E-state index is 12.0. The average molecular weight is 567 g/mol. The highest BCUT2D eigenvalue weighted by Gasteiger charge is 2.65. The van der Waals surface area contributed by atoms with E-state index in [1.165, 1.54) is 38.4 Å². The van der Waals surface area contributed by atoms with Crippen LogP contribution in [-0.2, 0) is 30.2 Å². The van der Waals surface area contributed by atoms with Gasteiger partial charge in [0.15, 0.2) is 0 Å². The summed E-state index contributed by atoms with van der Waals surface area (Å²) in [4.78, 5) is 35.1. The smallest absolute Gasteiger partial charge is 0.337 e. The number of fused-ring (bicyclic) bond motifs is 5. The van der Waals surface area contributed by atoms with Gasteiger partial charge in [-0.05, 0) is 128 Å². The topological polar surface area (TPSA) is 78.9 Å². The Morgan fingerprint density at radius 3 is 2.44 bits per heavy atom. The van der Waals surface area contributed by atoms with Crippen molar-refractivity contribution in [1.82, 2.24) is 0 Å². The number of carbonyl (C=O) groups excluding carboxylic acids is 3. The number of esters is 1. The lowest BCUT2D eigenvalue weighted by Gasteiger charge is -2.65. The molecule has 0 saturated heterocycles. The van der Waals surface area contributed by atoms with Gasteiger partial charge in [0.25, 0.3) is 12.9 Å². The number of rotatable bonds is 10. The molecule has 0 N–H and O–H groups in total. The van der Waals surface area contributed by atoms with Gasteiger partial charge >= 0.3 is 5.97 Å². The summed E-state index contributed by atoms with van der Waals surface area (Å²) < 4.78 is 16.5. The zero-order valence-electron chi connectivity index (χ0n) is 25.7. The van der Waals surface area contributed by atoms with Crippen LogP contribution in [0.25, 0.3) is 0 Å². The van der Waals surface area contributed by atoms with Crippen LogP contribution in [0.2, 0.25) is 0 Å². The molecule has 0 aromatic heterocycles. The van der Waals surface area contributed by atoms with E-state index in [-0.39, 0.29) is 29.0 Å². The van der Waals surface area contributed by atoms with Gasteiger partial charge in [-0.3, -0.25) is 9.59 Å². The number of carbonyl (C=O) groups is 3. The molecule has 4 aliphatic rings. The molecule has 1 aromatic rings. The van der Waals surface area contributed by atoms with Crippen LogP contribution in [0, 0.1) is 52.3 Å². The molecule has 6 nitrogen and oxygen atoms in total. The summed E-state index contributed by atoms with van der Waals surface area (Å²) in [6.45, 7) is 11.0. The summed E-state index contributed by atoms with van der Waals surface area (Å²) in [6, 6.07) is 7.86. The Labute approximate surface area is 246 Å². The van der Waals surface area contributed by atoms with Gasteiger partial charge in [0.2, 0.25) is 0 Å². The van der Waals surface area contributed by atoms with E-state index in [2.05, 4.69) is 33.8 Å². The molecule has 6 heteroatoms. The van der Waals surface area contributed by atoms with Gasteiger partial charge < -0.3 is 14.2 Å². The van der Waals surface area contributed by atoms with Crippen molar-refractivity contribution in [2.75, 3.05) is 7.11 Å². The summed E-state index contributed by atoms with van der Waals surface area (Å²) in [5.41, 5.74) is 2.23. The molecule has 4 fully saturated rings. The van der Waals surface area contributed by atoms with Gasteiger partial charge in [0, 0.05) is 5.92 Å². The molecule has 4 aliphatic carbocycles. The maximum absolute atomic E-state index is 12.0. The van der Waals surface area contributed by atoms with Gasteiger partial charge in [-0.15, -0.1) is 0 Å². The van der Waals surface area contributed by atoms with Gasteiger partial charge in [0.1, 0.15) is 12.2 Å². The van der Waals surface area contributed by atoms with Crippen molar-refractivity contribution in [1.29, 1.82) is 0 Å². The molecule has 0 unspecified atom stereocenters. The van der Waals surface area contributed by atoms with E-state index >= 15 is 0 Å². The van der Waals surface area contributed by atoms with E-state index in [0.29, 0.717) is 59.9 Å². The Bertz CT molecular complexity index is 1100.